The molecule has 5 nitrogen and oxygen atoms in total. The molecule has 0 aromatic heterocycles. The lowest BCUT2D eigenvalue weighted by Crippen LogP contribution is -2.17. The molecule has 1 aliphatic heterocycles. The molecule has 0 amide bonds. The van der Waals surface area contributed by atoms with Crippen LogP contribution in [0.3, 0.4) is 0 Å². The minimum absolute atomic E-state index is 0.0297. The number of ether oxygens (including phenoxy) is 4. The second-order valence-electron chi connectivity index (χ2n) is 5.01. The van der Waals surface area contributed by atoms with Gasteiger partial charge in [0.15, 0.2) is 18.1 Å². The Morgan fingerprint density at radius 1 is 1.17 bits per heavy atom. The van der Waals surface area contributed by atoms with E-state index in [1.165, 1.54) is 24.3 Å². The van der Waals surface area contributed by atoms with Crippen LogP contribution in [-0.4, -0.2) is 25.8 Å². The molecule has 2 aromatic rings. The summed E-state index contributed by atoms with van der Waals surface area (Å²) in [6, 6.07) is 8.74. The predicted octanol–water partition coefficient (Wildman–Crippen LogP) is 3.37. The van der Waals surface area contributed by atoms with Crippen molar-refractivity contribution >= 4 is 17.6 Å². The predicted molar refractivity (Wildman–Crippen MR) is 84.1 cm³/mol. The normalized spacial score (nSPS) is 12.6. The lowest BCUT2D eigenvalue weighted by atomic mass is 10.2. The van der Waals surface area contributed by atoms with Crippen molar-refractivity contribution in [2.24, 2.45) is 0 Å². The van der Waals surface area contributed by atoms with E-state index in [9.17, 15) is 9.18 Å². The van der Waals surface area contributed by atoms with Crippen molar-refractivity contribution in [3.05, 3.63) is 52.8 Å². The van der Waals surface area contributed by atoms with Crippen LogP contribution in [0.1, 0.15) is 5.56 Å². The van der Waals surface area contributed by atoms with E-state index in [-0.39, 0.29) is 19.0 Å². The van der Waals surface area contributed by atoms with Crippen LogP contribution in [0, 0.1) is 5.82 Å². The molecule has 0 bridgehead atoms. The van der Waals surface area contributed by atoms with Gasteiger partial charge in [0.2, 0.25) is 0 Å². The Labute approximate surface area is 142 Å². The number of halogens is 2. The van der Waals surface area contributed by atoms with Crippen LogP contribution in [-0.2, 0) is 16.1 Å². The number of carbonyl (C=O) groups excluding carboxylic acids is 1. The number of benzene rings is 2. The van der Waals surface area contributed by atoms with Crippen molar-refractivity contribution in [1.29, 1.82) is 0 Å². The molecule has 0 fully saturated rings. The molecule has 0 spiro atoms. The fourth-order valence-corrected chi connectivity index (χ4v) is 2.41. The highest BCUT2D eigenvalue weighted by Crippen LogP contribution is 2.38. The summed E-state index contributed by atoms with van der Waals surface area (Å²) >= 11 is 6.12. The summed E-state index contributed by atoms with van der Waals surface area (Å²) in [6.45, 7) is 0.645. The van der Waals surface area contributed by atoms with E-state index < -0.39 is 5.97 Å². The quantitative estimate of drug-likeness (QED) is 0.772. The number of hydrogen-bond acceptors (Lipinski definition) is 5. The standard InChI is InChI=1S/C17H14ClFO5/c18-14-7-11(8-15-17(14)22-6-5-21-15)9-24-16(20)10-23-13-3-1-12(19)2-4-13/h1-4,7-8H,5-6,9-10H2. The van der Waals surface area contributed by atoms with Gasteiger partial charge in [-0.15, -0.1) is 0 Å². The van der Waals surface area contributed by atoms with E-state index in [0.29, 0.717) is 41.0 Å². The summed E-state index contributed by atoms with van der Waals surface area (Å²) in [4.78, 5) is 11.7. The molecule has 0 aliphatic carbocycles. The number of fused-ring (bicyclic) bond motifs is 1. The summed E-state index contributed by atoms with van der Waals surface area (Å²) in [7, 11) is 0. The van der Waals surface area contributed by atoms with Crippen LogP contribution in [0.2, 0.25) is 5.02 Å². The maximum Gasteiger partial charge on any atom is 0.344 e. The van der Waals surface area contributed by atoms with Crippen LogP contribution in [0.15, 0.2) is 36.4 Å². The van der Waals surface area contributed by atoms with Gasteiger partial charge in [0, 0.05) is 0 Å². The molecule has 0 radical (unpaired) electrons. The average molecular weight is 353 g/mol. The van der Waals surface area contributed by atoms with Gasteiger partial charge in [-0.3, -0.25) is 0 Å². The van der Waals surface area contributed by atoms with Gasteiger partial charge >= 0.3 is 5.97 Å². The number of esters is 1. The van der Waals surface area contributed by atoms with Crippen molar-refractivity contribution in [3.8, 4) is 17.2 Å². The molecule has 0 saturated heterocycles. The Morgan fingerprint density at radius 3 is 2.71 bits per heavy atom. The van der Waals surface area contributed by atoms with E-state index in [1.807, 2.05) is 0 Å². The Morgan fingerprint density at radius 2 is 1.92 bits per heavy atom. The molecule has 1 aliphatic rings. The van der Waals surface area contributed by atoms with Crippen molar-refractivity contribution in [3.63, 3.8) is 0 Å². The fourth-order valence-electron chi connectivity index (χ4n) is 2.13. The molecular weight excluding hydrogens is 339 g/mol. The zero-order valence-electron chi connectivity index (χ0n) is 12.6. The van der Waals surface area contributed by atoms with Gasteiger partial charge in [0.1, 0.15) is 31.4 Å². The third-order valence-electron chi connectivity index (χ3n) is 3.23. The van der Waals surface area contributed by atoms with Crippen LogP contribution in [0.25, 0.3) is 0 Å². The van der Waals surface area contributed by atoms with E-state index in [4.69, 9.17) is 30.5 Å². The molecule has 3 rings (SSSR count). The lowest BCUT2D eigenvalue weighted by molar-refractivity contribution is -0.147. The maximum atomic E-state index is 12.8. The summed E-state index contributed by atoms with van der Waals surface area (Å²) in [5, 5.41) is 0.404. The van der Waals surface area contributed by atoms with Crippen molar-refractivity contribution in [2.75, 3.05) is 19.8 Å². The maximum absolute atomic E-state index is 12.8. The van der Waals surface area contributed by atoms with Crippen LogP contribution in [0.4, 0.5) is 4.39 Å². The lowest BCUT2D eigenvalue weighted by Gasteiger charge is -2.20. The zero-order valence-corrected chi connectivity index (χ0v) is 13.3. The second kappa shape index (κ2) is 7.40. The van der Waals surface area contributed by atoms with Crippen molar-refractivity contribution in [1.82, 2.24) is 0 Å². The van der Waals surface area contributed by atoms with Gasteiger partial charge in [0.25, 0.3) is 0 Å². The number of carbonyl (C=O) groups is 1. The Balaban J connectivity index is 1.52. The molecule has 2 aromatic carbocycles. The van der Waals surface area contributed by atoms with Gasteiger partial charge in [-0.1, -0.05) is 11.6 Å². The molecule has 0 atom stereocenters. The van der Waals surface area contributed by atoms with Gasteiger partial charge in [-0.25, -0.2) is 9.18 Å². The van der Waals surface area contributed by atoms with Crippen molar-refractivity contribution < 1.29 is 28.1 Å². The van der Waals surface area contributed by atoms with Crippen molar-refractivity contribution in [2.45, 2.75) is 6.61 Å². The topological polar surface area (TPSA) is 54.0 Å². The Kier molecular flexibility index (Phi) is 5.05. The first-order valence-electron chi connectivity index (χ1n) is 7.24. The van der Waals surface area contributed by atoms with Crippen LogP contribution in [0.5, 0.6) is 17.2 Å². The van der Waals surface area contributed by atoms with E-state index >= 15 is 0 Å². The summed E-state index contributed by atoms with van der Waals surface area (Å²) in [5.74, 6) is 0.487. The fraction of sp³-hybridized carbons (Fsp3) is 0.235. The molecule has 0 saturated carbocycles. The Hall–Kier alpha value is -2.47. The minimum atomic E-state index is -0.551. The number of hydrogen-bond donors (Lipinski definition) is 0. The van der Waals surface area contributed by atoms with Gasteiger partial charge in [0.05, 0.1) is 5.02 Å². The van der Waals surface area contributed by atoms with Gasteiger partial charge in [-0.2, -0.15) is 0 Å². The van der Waals surface area contributed by atoms with Gasteiger partial charge < -0.3 is 18.9 Å². The SMILES string of the molecule is O=C(COc1ccc(F)cc1)OCc1cc(Cl)c2c(c1)OCCO2. The monoisotopic (exact) mass is 352 g/mol. The van der Waals surface area contributed by atoms with E-state index in [2.05, 4.69) is 0 Å². The van der Waals surface area contributed by atoms with Crippen LogP contribution >= 0.6 is 11.6 Å². The smallest absolute Gasteiger partial charge is 0.344 e. The van der Waals surface area contributed by atoms with Crippen LogP contribution < -0.4 is 14.2 Å². The van der Waals surface area contributed by atoms with Gasteiger partial charge in [-0.05, 0) is 42.0 Å². The molecule has 126 valence electrons. The highest BCUT2D eigenvalue weighted by molar-refractivity contribution is 6.32. The van der Waals surface area contributed by atoms with E-state index in [1.54, 1.807) is 12.1 Å². The molecule has 0 unspecified atom stereocenters. The highest BCUT2D eigenvalue weighted by atomic mass is 35.5. The first-order valence-corrected chi connectivity index (χ1v) is 7.61. The van der Waals surface area contributed by atoms with E-state index in [0.717, 1.165) is 0 Å². The largest absolute Gasteiger partial charge is 0.486 e. The third kappa shape index (κ3) is 4.08. The molecule has 1 heterocycles. The molecule has 24 heavy (non-hydrogen) atoms. The highest BCUT2D eigenvalue weighted by Gasteiger charge is 2.17. The summed E-state index contributed by atoms with van der Waals surface area (Å²) in [6.07, 6.45) is 0. The summed E-state index contributed by atoms with van der Waals surface area (Å²) < 4.78 is 34.0. The molecular formula is C17H14ClFO5. The average Bonchev–Trinajstić information content (AvgIpc) is 2.59. The minimum Gasteiger partial charge on any atom is -0.486 e. The first-order chi connectivity index (χ1) is 11.6. The Bertz CT molecular complexity index is 733. The third-order valence-corrected chi connectivity index (χ3v) is 3.51. The first kappa shape index (κ1) is 16.4. The zero-order chi connectivity index (χ0) is 16.9. The number of rotatable bonds is 5. The molecule has 7 heteroatoms. The summed E-state index contributed by atoms with van der Waals surface area (Å²) in [5.41, 5.74) is 0.680. The second-order valence-corrected chi connectivity index (χ2v) is 5.41. The molecule has 0 N–H and O–H groups in total.